The minimum Gasteiger partial charge on any atom is -0.379 e. The Balaban J connectivity index is 1.39. The van der Waals surface area contributed by atoms with Crippen molar-refractivity contribution >= 4 is 5.82 Å². The van der Waals surface area contributed by atoms with Crippen LogP contribution in [0.25, 0.3) is 5.82 Å². The lowest BCUT2D eigenvalue weighted by Crippen LogP contribution is -2.44. The van der Waals surface area contributed by atoms with Crippen LogP contribution in [0.2, 0.25) is 0 Å². The molecule has 1 atom stereocenters. The van der Waals surface area contributed by atoms with E-state index in [1.807, 2.05) is 25.3 Å². The highest BCUT2D eigenvalue weighted by molar-refractivity contribution is 5.40. The van der Waals surface area contributed by atoms with Crippen LogP contribution < -0.4 is 4.90 Å². The predicted octanol–water partition coefficient (Wildman–Crippen LogP) is 1.52. The first-order valence-electron chi connectivity index (χ1n) is 9.19. The number of morpholine rings is 1. The summed E-state index contributed by atoms with van der Waals surface area (Å²) in [6, 6.07) is 6.04. The van der Waals surface area contributed by atoms with E-state index in [2.05, 4.69) is 31.2 Å². The molecule has 7 nitrogen and oxygen atoms in total. The molecule has 2 aliphatic heterocycles. The number of ether oxygens (including phenoxy) is 1. The Morgan fingerprint density at radius 2 is 1.88 bits per heavy atom. The molecule has 2 fully saturated rings. The van der Waals surface area contributed by atoms with E-state index in [-0.39, 0.29) is 0 Å². The van der Waals surface area contributed by atoms with Crippen LogP contribution in [0.4, 0.5) is 5.82 Å². The van der Waals surface area contributed by atoms with E-state index in [1.54, 1.807) is 4.68 Å². The lowest BCUT2D eigenvalue weighted by Gasteiger charge is -2.37. The molecule has 2 aromatic heterocycles. The zero-order chi connectivity index (χ0) is 17.1. The topological polar surface area (TPSA) is 59.3 Å². The molecule has 0 spiro atoms. The van der Waals surface area contributed by atoms with Crippen molar-refractivity contribution in [3.8, 4) is 5.82 Å². The first kappa shape index (κ1) is 16.5. The maximum absolute atomic E-state index is 5.45. The molecule has 0 aromatic carbocycles. The number of nitrogens with zero attached hydrogens (tertiary/aromatic N) is 6. The van der Waals surface area contributed by atoms with Gasteiger partial charge in [-0.15, -0.1) is 10.2 Å². The van der Waals surface area contributed by atoms with Crippen molar-refractivity contribution in [1.82, 2.24) is 24.9 Å². The van der Waals surface area contributed by atoms with Crippen molar-refractivity contribution in [2.24, 2.45) is 5.92 Å². The van der Waals surface area contributed by atoms with Gasteiger partial charge in [0, 0.05) is 38.9 Å². The number of piperidine rings is 1. The van der Waals surface area contributed by atoms with Crippen LogP contribution in [0, 0.1) is 12.8 Å². The quantitative estimate of drug-likeness (QED) is 0.840. The van der Waals surface area contributed by atoms with Crippen LogP contribution in [0.1, 0.15) is 18.5 Å². The lowest BCUT2D eigenvalue weighted by atomic mass is 9.97. The summed E-state index contributed by atoms with van der Waals surface area (Å²) in [6.07, 6.45) is 4.43. The second-order valence-electron chi connectivity index (χ2n) is 7.02. The van der Waals surface area contributed by atoms with Gasteiger partial charge < -0.3 is 9.64 Å². The molecular weight excluding hydrogens is 316 g/mol. The Bertz CT molecular complexity index is 679. The van der Waals surface area contributed by atoms with Gasteiger partial charge in [-0.25, -0.2) is 4.68 Å². The van der Waals surface area contributed by atoms with Crippen LogP contribution in [0.5, 0.6) is 0 Å². The standard InChI is InChI=1S/C18H26N6O/c1-15-6-8-24(21-15)18-5-4-17(19-20-18)23-7-2-3-16(14-23)13-22-9-11-25-12-10-22/h4-6,8,16H,2-3,7,9-14H2,1H3. The highest BCUT2D eigenvalue weighted by Crippen LogP contribution is 2.22. The van der Waals surface area contributed by atoms with Gasteiger partial charge in [-0.1, -0.05) is 0 Å². The summed E-state index contributed by atoms with van der Waals surface area (Å²) in [5, 5.41) is 13.2. The van der Waals surface area contributed by atoms with Gasteiger partial charge in [0.25, 0.3) is 0 Å². The maximum Gasteiger partial charge on any atom is 0.175 e. The average molecular weight is 342 g/mol. The SMILES string of the molecule is Cc1ccn(-c2ccc(N3CCCC(CN4CCOCC4)C3)nn2)n1. The normalized spacial score (nSPS) is 22.3. The second-order valence-corrected chi connectivity index (χ2v) is 7.02. The van der Waals surface area contributed by atoms with E-state index in [9.17, 15) is 0 Å². The molecule has 0 bridgehead atoms. The van der Waals surface area contributed by atoms with Gasteiger partial charge in [0.2, 0.25) is 0 Å². The Kier molecular flexibility index (Phi) is 4.94. The lowest BCUT2D eigenvalue weighted by molar-refractivity contribution is 0.0296. The van der Waals surface area contributed by atoms with Gasteiger partial charge in [-0.2, -0.15) is 5.10 Å². The van der Waals surface area contributed by atoms with Crippen LogP contribution in [0.3, 0.4) is 0 Å². The number of hydrogen-bond donors (Lipinski definition) is 0. The molecule has 2 aromatic rings. The van der Waals surface area contributed by atoms with Gasteiger partial charge in [0.05, 0.1) is 18.9 Å². The number of aromatic nitrogens is 4. The number of anilines is 1. The molecule has 2 saturated heterocycles. The highest BCUT2D eigenvalue weighted by atomic mass is 16.5. The minimum atomic E-state index is 0.696. The third kappa shape index (κ3) is 3.99. The first-order valence-corrected chi connectivity index (χ1v) is 9.19. The molecule has 0 N–H and O–H groups in total. The van der Waals surface area contributed by atoms with E-state index < -0.39 is 0 Å². The van der Waals surface area contributed by atoms with Crippen LogP contribution >= 0.6 is 0 Å². The van der Waals surface area contributed by atoms with Crippen molar-refractivity contribution in [3.05, 3.63) is 30.1 Å². The number of aryl methyl sites for hydroxylation is 1. The zero-order valence-electron chi connectivity index (χ0n) is 14.8. The van der Waals surface area contributed by atoms with Gasteiger partial charge in [0.1, 0.15) is 0 Å². The molecule has 7 heteroatoms. The van der Waals surface area contributed by atoms with E-state index in [1.165, 1.54) is 12.8 Å². The molecular formula is C18H26N6O. The van der Waals surface area contributed by atoms with E-state index in [0.717, 1.165) is 63.3 Å². The van der Waals surface area contributed by atoms with Gasteiger partial charge in [-0.3, -0.25) is 4.90 Å². The monoisotopic (exact) mass is 342 g/mol. The predicted molar refractivity (Wildman–Crippen MR) is 96.1 cm³/mol. The third-order valence-corrected chi connectivity index (χ3v) is 5.06. The smallest absolute Gasteiger partial charge is 0.175 e. The number of rotatable bonds is 4. The summed E-state index contributed by atoms with van der Waals surface area (Å²) >= 11 is 0. The molecule has 0 aliphatic carbocycles. The first-order chi connectivity index (χ1) is 12.3. The van der Waals surface area contributed by atoms with Crippen LogP contribution in [-0.2, 0) is 4.74 Å². The summed E-state index contributed by atoms with van der Waals surface area (Å²) in [7, 11) is 0. The molecule has 0 amide bonds. The van der Waals surface area contributed by atoms with Crippen LogP contribution in [-0.4, -0.2) is 70.8 Å². The van der Waals surface area contributed by atoms with Crippen LogP contribution in [0.15, 0.2) is 24.4 Å². The van der Waals surface area contributed by atoms with Gasteiger partial charge in [0.15, 0.2) is 11.6 Å². The highest BCUT2D eigenvalue weighted by Gasteiger charge is 2.24. The molecule has 4 heterocycles. The fraction of sp³-hybridized carbons (Fsp3) is 0.611. The molecule has 1 unspecified atom stereocenters. The summed E-state index contributed by atoms with van der Waals surface area (Å²) < 4.78 is 7.22. The molecule has 0 saturated carbocycles. The molecule has 25 heavy (non-hydrogen) atoms. The Morgan fingerprint density at radius 3 is 2.60 bits per heavy atom. The summed E-state index contributed by atoms with van der Waals surface area (Å²) in [6.45, 7) is 9.13. The Hall–Kier alpha value is -1.99. The second kappa shape index (κ2) is 7.49. The average Bonchev–Trinajstić information content (AvgIpc) is 3.09. The fourth-order valence-corrected chi connectivity index (χ4v) is 3.72. The summed E-state index contributed by atoms with van der Waals surface area (Å²) in [4.78, 5) is 4.91. The molecule has 2 aliphatic rings. The third-order valence-electron chi connectivity index (χ3n) is 5.06. The maximum atomic E-state index is 5.45. The minimum absolute atomic E-state index is 0.696. The van der Waals surface area contributed by atoms with Crippen molar-refractivity contribution in [2.75, 3.05) is 50.8 Å². The van der Waals surface area contributed by atoms with Crippen molar-refractivity contribution in [3.63, 3.8) is 0 Å². The van der Waals surface area contributed by atoms with Crippen molar-refractivity contribution < 1.29 is 4.74 Å². The molecule has 134 valence electrons. The van der Waals surface area contributed by atoms with Gasteiger partial charge >= 0.3 is 0 Å². The number of hydrogen-bond acceptors (Lipinski definition) is 6. The van der Waals surface area contributed by atoms with E-state index >= 15 is 0 Å². The fourth-order valence-electron chi connectivity index (χ4n) is 3.72. The molecule has 0 radical (unpaired) electrons. The van der Waals surface area contributed by atoms with Crippen molar-refractivity contribution in [1.29, 1.82) is 0 Å². The van der Waals surface area contributed by atoms with E-state index in [0.29, 0.717) is 5.92 Å². The van der Waals surface area contributed by atoms with Gasteiger partial charge in [-0.05, 0) is 43.9 Å². The Morgan fingerprint density at radius 1 is 1.08 bits per heavy atom. The van der Waals surface area contributed by atoms with Crippen molar-refractivity contribution in [2.45, 2.75) is 19.8 Å². The molecule has 4 rings (SSSR count). The largest absolute Gasteiger partial charge is 0.379 e. The zero-order valence-corrected chi connectivity index (χ0v) is 14.8. The van der Waals surface area contributed by atoms with E-state index in [4.69, 9.17) is 4.74 Å². The Labute approximate surface area is 148 Å². The summed E-state index contributed by atoms with van der Waals surface area (Å²) in [5.41, 5.74) is 0.980. The summed E-state index contributed by atoms with van der Waals surface area (Å²) in [5.74, 6) is 2.43.